The number of nitrogens with zero attached hydrogens (tertiary/aromatic N) is 4. The van der Waals surface area contributed by atoms with E-state index in [9.17, 15) is 34.7 Å². The molecule has 0 spiro atoms. The van der Waals surface area contributed by atoms with Gasteiger partial charge >= 0.3 is 0 Å². The number of nitro benzene ring substituents is 2. The summed E-state index contributed by atoms with van der Waals surface area (Å²) in [6, 6.07) is 9.08. The largest absolute Gasteiger partial charge is 0.395 e. The Morgan fingerprint density at radius 3 is 1.45 bits per heavy atom. The Hall–Kier alpha value is -3.17. The van der Waals surface area contributed by atoms with Crippen molar-refractivity contribution >= 4 is 33.5 Å². The highest BCUT2D eigenvalue weighted by Crippen LogP contribution is 2.37. The van der Waals surface area contributed by atoms with E-state index in [4.69, 9.17) is 0 Å². The second-order valence-electron chi connectivity index (χ2n) is 9.20. The SMILES string of the molecule is CN(C)CC(c1ccc([N+](=O)[O-])c(NCCO)c1)S(=O)C(CN(C)C)c1ccc([N+](=O)[O-])c(NCCO)c1. The van der Waals surface area contributed by atoms with E-state index in [-0.39, 0.29) is 49.1 Å². The lowest BCUT2D eigenvalue weighted by Crippen LogP contribution is -2.30. The Morgan fingerprint density at radius 1 is 0.789 bits per heavy atom. The number of anilines is 2. The van der Waals surface area contributed by atoms with Crippen LogP contribution in [0.5, 0.6) is 0 Å². The predicted octanol–water partition coefficient (Wildman–Crippen LogP) is 1.97. The molecule has 2 aromatic carbocycles. The van der Waals surface area contributed by atoms with Crippen LogP contribution in [0.3, 0.4) is 0 Å². The van der Waals surface area contributed by atoms with Gasteiger partial charge in [0.15, 0.2) is 0 Å². The molecule has 0 aliphatic rings. The first kappa shape index (κ1) is 31.1. The first-order valence-electron chi connectivity index (χ1n) is 11.9. The van der Waals surface area contributed by atoms with Gasteiger partial charge in [0.25, 0.3) is 11.4 Å². The van der Waals surface area contributed by atoms with Gasteiger partial charge in [-0.05, 0) is 51.5 Å². The molecule has 0 saturated carbocycles. The Bertz CT molecular complexity index is 1050. The van der Waals surface area contributed by atoms with Crippen molar-refractivity contribution in [2.75, 3.05) is 78.2 Å². The lowest BCUT2D eigenvalue weighted by Gasteiger charge is -2.28. The summed E-state index contributed by atoms with van der Waals surface area (Å²) in [6.45, 7) is 0.536. The zero-order valence-corrected chi connectivity index (χ0v) is 22.8. The first-order chi connectivity index (χ1) is 18.0. The number of nitro groups is 2. The van der Waals surface area contributed by atoms with E-state index >= 15 is 0 Å². The third-order valence-corrected chi connectivity index (χ3v) is 7.62. The fourth-order valence-corrected chi connectivity index (χ4v) is 6.09. The molecule has 2 aromatic rings. The molecular formula is C24H36N6O7S. The van der Waals surface area contributed by atoms with Gasteiger partial charge in [0, 0.05) is 49.1 Å². The molecule has 0 aromatic heterocycles. The summed E-state index contributed by atoms with van der Waals surface area (Å²) in [7, 11) is 5.77. The summed E-state index contributed by atoms with van der Waals surface area (Å²) >= 11 is 0. The number of hydrogen-bond acceptors (Lipinski definition) is 11. The summed E-state index contributed by atoms with van der Waals surface area (Å²) in [4.78, 5) is 25.8. The average Bonchev–Trinajstić information content (AvgIpc) is 2.86. The van der Waals surface area contributed by atoms with Gasteiger partial charge in [-0.25, -0.2) is 0 Å². The van der Waals surface area contributed by atoms with Gasteiger partial charge in [0.05, 0.1) is 33.6 Å². The van der Waals surface area contributed by atoms with Crippen LogP contribution < -0.4 is 10.6 Å². The zero-order valence-electron chi connectivity index (χ0n) is 22.0. The van der Waals surface area contributed by atoms with Crippen LogP contribution in [-0.4, -0.2) is 102 Å². The summed E-state index contributed by atoms with van der Waals surface area (Å²) in [5.41, 5.74) is 1.36. The highest BCUT2D eigenvalue weighted by Gasteiger charge is 2.31. The fraction of sp³-hybridized carbons (Fsp3) is 0.500. The van der Waals surface area contributed by atoms with Crippen LogP contribution in [0, 0.1) is 20.2 Å². The number of aliphatic hydroxyl groups excluding tert-OH is 2. The summed E-state index contributed by atoms with van der Waals surface area (Å²) in [5, 5.41) is 46.1. The molecule has 0 aliphatic carbocycles. The van der Waals surface area contributed by atoms with E-state index in [1.165, 1.54) is 12.1 Å². The van der Waals surface area contributed by atoms with Crippen LogP contribution in [0.25, 0.3) is 0 Å². The van der Waals surface area contributed by atoms with E-state index < -0.39 is 31.1 Å². The average molecular weight is 553 g/mol. The van der Waals surface area contributed by atoms with Crippen molar-refractivity contribution in [3.8, 4) is 0 Å². The van der Waals surface area contributed by atoms with Crippen molar-refractivity contribution in [1.29, 1.82) is 0 Å². The molecule has 13 nitrogen and oxygen atoms in total. The van der Waals surface area contributed by atoms with Crippen LogP contribution >= 0.6 is 0 Å². The molecule has 0 radical (unpaired) electrons. The molecule has 2 unspecified atom stereocenters. The first-order valence-corrected chi connectivity index (χ1v) is 13.2. The number of hydrogen-bond donors (Lipinski definition) is 4. The van der Waals surface area contributed by atoms with Crippen LogP contribution in [-0.2, 0) is 10.8 Å². The van der Waals surface area contributed by atoms with E-state index in [0.29, 0.717) is 24.2 Å². The zero-order chi connectivity index (χ0) is 28.4. The molecule has 38 heavy (non-hydrogen) atoms. The monoisotopic (exact) mass is 552 g/mol. The molecule has 2 atom stereocenters. The molecule has 0 heterocycles. The normalized spacial score (nSPS) is 13.8. The predicted molar refractivity (Wildman–Crippen MR) is 148 cm³/mol. The highest BCUT2D eigenvalue weighted by molar-refractivity contribution is 7.85. The van der Waals surface area contributed by atoms with Gasteiger partial charge < -0.3 is 30.6 Å². The molecule has 0 saturated heterocycles. The van der Waals surface area contributed by atoms with E-state index in [1.54, 1.807) is 24.3 Å². The van der Waals surface area contributed by atoms with Gasteiger partial charge in [-0.1, -0.05) is 12.1 Å². The number of nitrogens with one attached hydrogen (secondary N) is 2. The third-order valence-electron chi connectivity index (χ3n) is 5.66. The summed E-state index contributed by atoms with van der Waals surface area (Å²) in [5.74, 6) is 0. The maximum atomic E-state index is 14.3. The fourth-order valence-electron chi connectivity index (χ4n) is 3.98. The van der Waals surface area contributed by atoms with E-state index in [2.05, 4.69) is 10.6 Å². The quantitative estimate of drug-likeness (QED) is 0.177. The Morgan fingerprint density at radius 2 is 1.16 bits per heavy atom. The lowest BCUT2D eigenvalue weighted by atomic mass is 10.1. The van der Waals surface area contributed by atoms with Crippen LogP contribution in [0.1, 0.15) is 21.6 Å². The third kappa shape index (κ3) is 8.43. The minimum Gasteiger partial charge on any atom is -0.395 e. The van der Waals surface area contributed by atoms with Crippen molar-refractivity contribution in [3.05, 3.63) is 67.8 Å². The lowest BCUT2D eigenvalue weighted by molar-refractivity contribution is -0.384. The van der Waals surface area contributed by atoms with Gasteiger partial charge in [-0.15, -0.1) is 0 Å². The van der Waals surface area contributed by atoms with Crippen LogP contribution in [0.4, 0.5) is 22.7 Å². The summed E-state index contributed by atoms with van der Waals surface area (Å²) < 4.78 is 14.3. The van der Waals surface area contributed by atoms with Crippen LogP contribution in [0.15, 0.2) is 36.4 Å². The van der Waals surface area contributed by atoms with Crippen molar-refractivity contribution in [2.45, 2.75) is 10.5 Å². The minimum atomic E-state index is -1.58. The highest BCUT2D eigenvalue weighted by atomic mass is 32.2. The molecule has 0 fully saturated rings. The minimum absolute atomic E-state index is 0.112. The molecular weight excluding hydrogens is 516 g/mol. The number of benzene rings is 2. The Labute approximate surface area is 224 Å². The maximum absolute atomic E-state index is 14.3. The smallest absolute Gasteiger partial charge is 0.292 e. The molecule has 0 amide bonds. The topological polar surface area (TPSA) is 174 Å². The molecule has 0 bridgehead atoms. The summed E-state index contributed by atoms with van der Waals surface area (Å²) in [6.07, 6.45) is 0. The Balaban J connectivity index is 2.61. The van der Waals surface area contributed by atoms with Crippen molar-refractivity contribution in [3.63, 3.8) is 0 Å². The molecule has 4 N–H and O–H groups in total. The second-order valence-corrected chi connectivity index (χ2v) is 11.0. The van der Waals surface area contributed by atoms with E-state index in [0.717, 1.165) is 0 Å². The number of rotatable bonds is 16. The van der Waals surface area contributed by atoms with Gasteiger partial charge in [0.1, 0.15) is 11.4 Å². The molecule has 0 aliphatic heterocycles. The molecule has 210 valence electrons. The molecule has 2 rings (SSSR count). The van der Waals surface area contributed by atoms with Gasteiger partial charge in [-0.3, -0.25) is 24.4 Å². The standard InChI is InChI=1S/C24H36N6O7S/c1-27(2)15-23(17-5-7-21(29(33)34)19(13-17)25-9-11-31)38(37)24(16-28(3)4)18-6-8-22(30(35)36)20(14-18)26-10-12-32/h5-8,13-14,23-26,31-32H,9-12,15-16H2,1-4H3. The van der Waals surface area contributed by atoms with Crippen LogP contribution in [0.2, 0.25) is 0 Å². The van der Waals surface area contributed by atoms with E-state index in [1.807, 2.05) is 38.0 Å². The van der Waals surface area contributed by atoms with Crippen molar-refractivity contribution in [1.82, 2.24) is 9.80 Å². The van der Waals surface area contributed by atoms with Crippen molar-refractivity contribution < 1.29 is 24.3 Å². The molecule has 14 heteroatoms. The van der Waals surface area contributed by atoms with Gasteiger partial charge in [0.2, 0.25) is 0 Å². The Kier molecular flexibility index (Phi) is 12.0. The van der Waals surface area contributed by atoms with Gasteiger partial charge in [-0.2, -0.15) is 0 Å². The second kappa shape index (κ2) is 14.7. The van der Waals surface area contributed by atoms with Crippen molar-refractivity contribution in [2.24, 2.45) is 0 Å². The number of aliphatic hydroxyl groups is 2. The number of likely N-dealkylation sites (N-methyl/N-ethyl adjacent to an activating group) is 2. The maximum Gasteiger partial charge on any atom is 0.292 e.